The van der Waals surface area contributed by atoms with Crippen LogP contribution < -0.4 is 10.6 Å². The SMILES string of the molecule is O=C(NC1CCCC1)c1ccc(C(=O)NC2CCCC2)nc1. The molecule has 0 atom stereocenters. The number of pyridine rings is 1. The largest absolute Gasteiger partial charge is 0.349 e. The molecule has 1 aromatic heterocycles. The Morgan fingerprint density at radius 1 is 0.864 bits per heavy atom. The fourth-order valence-corrected chi connectivity index (χ4v) is 3.33. The fourth-order valence-electron chi connectivity index (χ4n) is 3.33. The summed E-state index contributed by atoms with van der Waals surface area (Å²) >= 11 is 0. The van der Waals surface area contributed by atoms with Crippen molar-refractivity contribution in [2.45, 2.75) is 63.5 Å². The molecule has 0 spiro atoms. The maximum Gasteiger partial charge on any atom is 0.270 e. The van der Waals surface area contributed by atoms with E-state index in [9.17, 15) is 9.59 Å². The summed E-state index contributed by atoms with van der Waals surface area (Å²) in [5.74, 6) is -0.239. The second-order valence-electron chi connectivity index (χ2n) is 6.34. The number of amides is 2. The molecular weight excluding hydrogens is 278 g/mol. The monoisotopic (exact) mass is 301 g/mol. The second kappa shape index (κ2) is 6.90. The number of nitrogens with zero attached hydrogens (tertiary/aromatic N) is 1. The molecule has 2 N–H and O–H groups in total. The van der Waals surface area contributed by atoms with Crippen LogP contribution in [0.4, 0.5) is 0 Å². The molecule has 0 unspecified atom stereocenters. The van der Waals surface area contributed by atoms with Crippen LogP contribution in [-0.2, 0) is 0 Å². The van der Waals surface area contributed by atoms with E-state index in [0.717, 1.165) is 25.7 Å². The summed E-state index contributed by atoms with van der Waals surface area (Å²) < 4.78 is 0. The summed E-state index contributed by atoms with van der Waals surface area (Å²) in [4.78, 5) is 28.3. The average Bonchev–Trinajstić information content (AvgIpc) is 3.21. The maximum absolute atomic E-state index is 12.1. The Morgan fingerprint density at radius 3 is 1.91 bits per heavy atom. The molecule has 22 heavy (non-hydrogen) atoms. The highest BCUT2D eigenvalue weighted by Gasteiger charge is 2.20. The minimum absolute atomic E-state index is 0.0952. The first-order valence-corrected chi connectivity index (χ1v) is 8.30. The first kappa shape index (κ1) is 15.0. The van der Waals surface area contributed by atoms with Crippen LogP contribution in [-0.4, -0.2) is 28.9 Å². The molecule has 2 aliphatic rings. The Labute approximate surface area is 130 Å². The Morgan fingerprint density at radius 2 is 1.41 bits per heavy atom. The quantitative estimate of drug-likeness (QED) is 0.897. The Hall–Kier alpha value is -1.91. The van der Waals surface area contributed by atoms with Gasteiger partial charge in [0.25, 0.3) is 11.8 Å². The van der Waals surface area contributed by atoms with E-state index in [4.69, 9.17) is 0 Å². The van der Waals surface area contributed by atoms with Crippen molar-refractivity contribution in [1.82, 2.24) is 15.6 Å². The third kappa shape index (κ3) is 3.64. The molecular formula is C17H23N3O2. The van der Waals surface area contributed by atoms with E-state index in [2.05, 4.69) is 15.6 Å². The molecule has 0 bridgehead atoms. The third-order valence-electron chi connectivity index (χ3n) is 4.64. The summed E-state index contributed by atoms with van der Waals surface area (Å²) in [5.41, 5.74) is 0.897. The van der Waals surface area contributed by atoms with Crippen LogP contribution in [0.15, 0.2) is 18.3 Å². The fraction of sp³-hybridized carbons (Fsp3) is 0.588. The average molecular weight is 301 g/mol. The van der Waals surface area contributed by atoms with E-state index >= 15 is 0 Å². The second-order valence-corrected chi connectivity index (χ2v) is 6.34. The predicted molar refractivity (Wildman–Crippen MR) is 83.7 cm³/mol. The minimum atomic E-state index is -0.144. The van der Waals surface area contributed by atoms with E-state index in [1.165, 1.54) is 31.9 Å². The molecule has 5 nitrogen and oxygen atoms in total. The molecule has 2 saturated carbocycles. The van der Waals surface area contributed by atoms with Crippen LogP contribution in [0.5, 0.6) is 0 Å². The van der Waals surface area contributed by atoms with Crippen LogP contribution in [0.1, 0.15) is 72.2 Å². The zero-order valence-electron chi connectivity index (χ0n) is 12.8. The van der Waals surface area contributed by atoms with Gasteiger partial charge >= 0.3 is 0 Å². The number of carbonyl (C=O) groups is 2. The molecule has 118 valence electrons. The summed E-state index contributed by atoms with van der Waals surface area (Å²) in [6, 6.07) is 3.88. The standard InChI is InChI=1S/C17H23N3O2/c21-16(19-13-5-1-2-6-13)12-9-10-15(18-11-12)17(22)20-14-7-3-4-8-14/h9-11,13-14H,1-8H2,(H,19,21)(H,20,22). The van der Waals surface area contributed by atoms with Crippen molar-refractivity contribution in [2.75, 3.05) is 0 Å². The lowest BCUT2D eigenvalue weighted by atomic mass is 10.2. The molecule has 0 radical (unpaired) electrons. The summed E-state index contributed by atoms with van der Waals surface area (Å²) in [5, 5.41) is 6.02. The number of hydrogen-bond acceptors (Lipinski definition) is 3. The van der Waals surface area contributed by atoms with Crippen molar-refractivity contribution in [1.29, 1.82) is 0 Å². The normalized spacial score (nSPS) is 19.3. The van der Waals surface area contributed by atoms with Crippen LogP contribution in [0.2, 0.25) is 0 Å². The third-order valence-corrected chi connectivity index (χ3v) is 4.64. The topological polar surface area (TPSA) is 71.1 Å². The van der Waals surface area contributed by atoms with E-state index in [0.29, 0.717) is 11.3 Å². The van der Waals surface area contributed by atoms with Gasteiger partial charge in [-0.25, -0.2) is 0 Å². The molecule has 1 heterocycles. The van der Waals surface area contributed by atoms with Gasteiger partial charge in [-0.2, -0.15) is 0 Å². The highest BCUT2D eigenvalue weighted by molar-refractivity contribution is 5.96. The lowest BCUT2D eigenvalue weighted by Crippen LogP contribution is -2.34. The van der Waals surface area contributed by atoms with Gasteiger partial charge in [0, 0.05) is 18.3 Å². The Kier molecular flexibility index (Phi) is 4.71. The zero-order valence-corrected chi connectivity index (χ0v) is 12.8. The Balaban J connectivity index is 1.56. The van der Waals surface area contributed by atoms with Gasteiger partial charge < -0.3 is 10.6 Å². The van der Waals surface area contributed by atoms with Crippen LogP contribution >= 0.6 is 0 Å². The minimum Gasteiger partial charge on any atom is -0.349 e. The van der Waals surface area contributed by atoms with Gasteiger partial charge in [-0.05, 0) is 37.8 Å². The number of hydrogen-bond donors (Lipinski definition) is 2. The van der Waals surface area contributed by atoms with Gasteiger partial charge in [0.05, 0.1) is 5.56 Å². The number of nitrogens with one attached hydrogen (secondary N) is 2. The van der Waals surface area contributed by atoms with Crippen molar-refractivity contribution < 1.29 is 9.59 Å². The van der Waals surface area contributed by atoms with Gasteiger partial charge in [0.2, 0.25) is 0 Å². The zero-order chi connectivity index (χ0) is 15.4. The van der Waals surface area contributed by atoms with E-state index < -0.39 is 0 Å². The molecule has 0 aliphatic heterocycles. The van der Waals surface area contributed by atoms with Crippen LogP contribution in [0.3, 0.4) is 0 Å². The highest BCUT2D eigenvalue weighted by atomic mass is 16.2. The highest BCUT2D eigenvalue weighted by Crippen LogP contribution is 2.19. The first-order chi connectivity index (χ1) is 10.7. The predicted octanol–water partition coefficient (Wildman–Crippen LogP) is 2.43. The van der Waals surface area contributed by atoms with Crippen molar-refractivity contribution in [3.05, 3.63) is 29.6 Å². The van der Waals surface area contributed by atoms with E-state index in [1.54, 1.807) is 12.1 Å². The van der Waals surface area contributed by atoms with E-state index in [-0.39, 0.29) is 23.9 Å². The van der Waals surface area contributed by atoms with E-state index in [1.807, 2.05) is 0 Å². The van der Waals surface area contributed by atoms with Crippen molar-refractivity contribution in [3.8, 4) is 0 Å². The summed E-state index contributed by atoms with van der Waals surface area (Å²) in [6.07, 6.45) is 10.4. The number of carbonyl (C=O) groups excluding carboxylic acids is 2. The number of aromatic nitrogens is 1. The molecule has 2 aliphatic carbocycles. The van der Waals surface area contributed by atoms with Gasteiger partial charge in [0.15, 0.2) is 0 Å². The lowest BCUT2D eigenvalue weighted by Gasteiger charge is -2.13. The van der Waals surface area contributed by atoms with Crippen molar-refractivity contribution in [2.24, 2.45) is 0 Å². The lowest BCUT2D eigenvalue weighted by molar-refractivity contribution is 0.0921. The Bertz CT molecular complexity index is 480. The molecule has 2 fully saturated rings. The maximum atomic E-state index is 12.1. The van der Waals surface area contributed by atoms with Gasteiger partial charge in [0.1, 0.15) is 5.69 Å². The first-order valence-electron chi connectivity index (χ1n) is 8.30. The summed E-state index contributed by atoms with van der Waals surface area (Å²) in [7, 11) is 0. The van der Waals surface area contributed by atoms with Gasteiger partial charge in [-0.15, -0.1) is 0 Å². The number of rotatable bonds is 4. The molecule has 5 heteroatoms. The van der Waals surface area contributed by atoms with Gasteiger partial charge in [-0.3, -0.25) is 14.6 Å². The molecule has 1 aromatic rings. The van der Waals surface area contributed by atoms with Crippen molar-refractivity contribution in [3.63, 3.8) is 0 Å². The van der Waals surface area contributed by atoms with Crippen molar-refractivity contribution >= 4 is 11.8 Å². The van der Waals surface area contributed by atoms with Crippen LogP contribution in [0, 0.1) is 0 Å². The molecule has 0 aromatic carbocycles. The molecule has 2 amide bonds. The van der Waals surface area contributed by atoms with Gasteiger partial charge in [-0.1, -0.05) is 25.7 Å². The summed E-state index contributed by atoms with van der Waals surface area (Å²) in [6.45, 7) is 0. The van der Waals surface area contributed by atoms with Crippen LogP contribution in [0.25, 0.3) is 0 Å². The smallest absolute Gasteiger partial charge is 0.270 e. The molecule has 0 saturated heterocycles. The molecule has 3 rings (SSSR count).